The summed E-state index contributed by atoms with van der Waals surface area (Å²) in [6.45, 7) is 1.78. The predicted molar refractivity (Wildman–Crippen MR) is 90.4 cm³/mol. The maximum absolute atomic E-state index is 12.6. The summed E-state index contributed by atoms with van der Waals surface area (Å²) in [6, 6.07) is 0. The summed E-state index contributed by atoms with van der Waals surface area (Å²) in [7, 11) is 0. The van der Waals surface area contributed by atoms with Crippen molar-refractivity contribution < 1.29 is 9.59 Å². The molecule has 1 aliphatic heterocycles. The zero-order valence-corrected chi connectivity index (χ0v) is 14.8. The van der Waals surface area contributed by atoms with Crippen LogP contribution in [0.5, 0.6) is 0 Å². The maximum Gasteiger partial charge on any atom is 0.257 e. The lowest BCUT2D eigenvalue weighted by Crippen LogP contribution is -2.51. The standard InChI is InChI=1S/C14H13Cl2N5O2S/c15-9-6-17-7-10(16)13(9)14(23)21-3-1-20(2-4-21)12(22)5-11-19-18-8-24-11/h6-8H,1-5H2. The van der Waals surface area contributed by atoms with Gasteiger partial charge in [-0.05, 0) is 0 Å². The molecule has 0 atom stereocenters. The van der Waals surface area contributed by atoms with Crippen molar-refractivity contribution in [1.29, 1.82) is 0 Å². The second-order valence-corrected chi connectivity index (χ2v) is 6.89. The molecule has 10 heteroatoms. The Balaban J connectivity index is 1.60. The van der Waals surface area contributed by atoms with Crippen LogP contribution in [0.1, 0.15) is 15.4 Å². The van der Waals surface area contributed by atoms with Gasteiger partial charge in [0.15, 0.2) is 0 Å². The summed E-state index contributed by atoms with van der Waals surface area (Å²) in [5, 5.41) is 8.73. The van der Waals surface area contributed by atoms with Gasteiger partial charge >= 0.3 is 0 Å². The Hall–Kier alpha value is -1.77. The van der Waals surface area contributed by atoms with Crippen LogP contribution in [0, 0.1) is 0 Å². The van der Waals surface area contributed by atoms with E-state index in [9.17, 15) is 9.59 Å². The molecule has 126 valence electrons. The van der Waals surface area contributed by atoms with E-state index in [4.69, 9.17) is 23.2 Å². The van der Waals surface area contributed by atoms with Gasteiger partial charge in [-0.3, -0.25) is 14.6 Å². The third-order valence-electron chi connectivity index (χ3n) is 3.69. The molecule has 1 fully saturated rings. The molecule has 0 aliphatic carbocycles. The van der Waals surface area contributed by atoms with E-state index < -0.39 is 0 Å². The van der Waals surface area contributed by atoms with E-state index in [-0.39, 0.29) is 33.8 Å². The van der Waals surface area contributed by atoms with E-state index in [1.807, 2.05) is 0 Å². The number of hydrogen-bond donors (Lipinski definition) is 0. The number of aromatic nitrogens is 3. The summed E-state index contributed by atoms with van der Waals surface area (Å²) in [5.41, 5.74) is 1.85. The number of halogens is 2. The van der Waals surface area contributed by atoms with E-state index in [2.05, 4.69) is 15.2 Å². The van der Waals surface area contributed by atoms with E-state index in [0.717, 1.165) is 0 Å². The smallest absolute Gasteiger partial charge is 0.257 e. The zero-order chi connectivity index (χ0) is 17.1. The zero-order valence-electron chi connectivity index (χ0n) is 12.5. The highest BCUT2D eigenvalue weighted by Gasteiger charge is 2.27. The van der Waals surface area contributed by atoms with Gasteiger partial charge < -0.3 is 9.80 Å². The van der Waals surface area contributed by atoms with Gasteiger partial charge in [-0.2, -0.15) is 0 Å². The highest BCUT2D eigenvalue weighted by Crippen LogP contribution is 2.25. The molecule has 0 saturated carbocycles. The second kappa shape index (κ2) is 7.42. The topological polar surface area (TPSA) is 79.3 Å². The van der Waals surface area contributed by atoms with Crippen LogP contribution >= 0.6 is 34.5 Å². The number of carbonyl (C=O) groups is 2. The average molecular weight is 386 g/mol. The van der Waals surface area contributed by atoms with Crippen LogP contribution in [-0.4, -0.2) is 63.0 Å². The van der Waals surface area contributed by atoms with Crippen molar-refractivity contribution in [3.05, 3.63) is 38.5 Å². The van der Waals surface area contributed by atoms with Crippen LogP contribution in [0.2, 0.25) is 10.0 Å². The molecule has 0 spiro atoms. The molecule has 0 N–H and O–H groups in total. The van der Waals surface area contributed by atoms with E-state index in [0.29, 0.717) is 31.2 Å². The maximum atomic E-state index is 12.6. The third-order valence-corrected chi connectivity index (χ3v) is 4.97. The number of carbonyl (C=O) groups excluding carboxylic acids is 2. The summed E-state index contributed by atoms with van der Waals surface area (Å²) in [6.07, 6.45) is 3.02. The molecule has 2 aromatic rings. The molecular weight excluding hydrogens is 373 g/mol. The lowest BCUT2D eigenvalue weighted by Gasteiger charge is -2.35. The van der Waals surface area contributed by atoms with Crippen LogP contribution in [0.3, 0.4) is 0 Å². The van der Waals surface area contributed by atoms with Crippen molar-refractivity contribution in [2.75, 3.05) is 26.2 Å². The molecule has 0 bridgehead atoms. The van der Waals surface area contributed by atoms with E-state index in [1.165, 1.54) is 23.7 Å². The van der Waals surface area contributed by atoms with Crippen molar-refractivity contribution in [2.24, 2.45) is 0 Å². The Bertz CT molecular complexity index is 727. The minimum absolute atomic E-state index is 0.0150. The number of piperazine rings is 1. The van der Waals surface area contributed by atoms with Crippen molar-refractivity contribution in [3.8, 4) is 0 Å². The molecule has 0 radical (unpaired) electrons. The Morgan fingerprint density at radius 2 is 1.71 bits per heavy atom. The fourth-order valence-corrected chi connectivity index (χ4v) is 3.49. The molecule has 0 unspecified atom stereocenters. The highest BCUT2D eigenvalue weighted by atomic mass is 35.5. The van der Waals surface area contributed by atoms with Gasteiger partial charge in [-0.25, -0.2) is 0 Å². The first-order valence-corrected chi connectivity index (χ1v) is 8.81. The van der Waals surface area contributed by atoms with Crippen molar-refractivity contribution in [3.63, 3.8) is 0 Å². The lowest BCUT2D eigenvalue weighted by molar-refractivity contribution is -0.131. The van der Waals surface area contributed by atoms with Gasteiger partial charge in [0.05, 0.1) is 22.0 Å². The molecule has 2 aromatic heterocycles. The van der Waals surface area contributed by atoms with E-state index in [1.54, 1.807) is 15.3 Å². The summed E-state index contributed by atoms with van der Waals surface area (Å²) in [4.78, 5) is 32.0. The van der Waals surface area contributed by atoms with Gasteiger partial charge in [0.25, 0.3) is 5.91 Å². The van der Waals surface area contributed by atoms with Gasteiger partial charge in [-0.1, -0.05) is 23.2 Å². The van der Waals surface area contributed by atoms with Crippen LogP contribution in [-0.2, 0) is 11.2 Å². The molecule has 3 heterocycles. The van der Waals surface area contributed by atoms with Crippen LogP contribution in [0.25, 0.3) is 0 Å². The molecule has 1 saturated heterocycles. The SMILES string of the molecule is O=C(Cc1nncs1)N1CCN(C(=O)c2c(Cl)cncc2Cl)CC1. The van der Waals surface area contributed by atoms with E-state index >= 15 is 0 Å². The first-order chi connectivity index (χ1) is 11.6. The summed E-state index contributed by atoms with van der Waals surface area (Å²) in [5.74, 6) is -0.262. The first kappa shape index (κ1) is 17.1. The minimum atomic E-state index is -0.247. The number of nitrogens with zero attached hydrogens (tertiary/aromatic N) is 5. The minimum Gasteiger partial charge on any atom is -0.339 e. The van der Waals surface area contributed by atoms with Crippen LogP contribution in [0.4, 0.5) is 0 Å². The largest absolute Gasteiger partial charge is 0.339 e. The summed E-state index contributed by atoms with van der Waals surface area (Å²) < 4.78 is 0. The predicted octanol–water partition coefficient (Wildman–Crippen LogP) is 1.77. The Morgan fingerprint density at radius 1 is 1.08 bits per heavy atom. The molecular formula is C14H13Cl2N5O2S. The number of pyridine rings is 1. The quantitative estimate of drug-likeness (QED) is 0.804. The van der Waals surface area contributed by atoms with Crippen molar-refractivity contribution in [1.82, 2.24) is 25.0 Å². The molecule has 7 nitrogen and oxygen atoms in total. The Kier molecular flexibility index (Phi) is 5.27. The fraction of sp³-hybridized carbons (Fsp3) is 0.357. The number of amides is 2. The molecule has 2 amide bonds. The van der Waals surface area contributed by atoms with Gasteiger partial charge in [0, 0.05) is 38.6 Å². The fourth-order valence-electron chi connectivity index (χ4n) is 2.45. The number of hydrogen-bond acceptors (Lipinski definition) is 6. The molecule has 24 heavy (non-hydrogen) atoms. The number of rotatable bonds is 3. The highest BCUT2D eigenvalue weighted by molar-refractivity contribution is 7.09. The third kappa shape index (κ3) is 3.66. The monoisotopic (exact) mass is 385 g/mol. The summed E-state index contributed by atoms with van der Waals surface area (Å²) >= 11 is 13.4. The second-order valence-electron chi connectivity index (χ2n) is 5.16. The van der Waals surface area contributed by atoms with Crippen molar-refractivity contribution in [2.45, 2.75) is 6.42 Å². The normalized spacial score (nSPS) is 14.8. The van der Waals surface area contributed by atoms with Crippen LogP contribution < -0.4 is 0 Å². The lowest BCUT2D eigenvalue weighted by atomic mass is 10.2. The van der Waals surface area contributed by atoms with Gasteiger partial charge in [0.2, 0.25) is 5.91 Å². The molecule has 1 aliphatic rings. The average Bonchev–Trinajstić information content (AvgIpc) is 3.07. The van der Waals surface area contributed by atoms with Gasteiger partial charge in [-0.15, -0.1) is 21.5 Å². The van der Waals surface area contributed by atoms with Crippen molar-refractivity contribution >= 4 is 46.4 Å². The van der Waals surface area contributed by atoms with Gasteiger partial charge in [0.1, 0.15) is 10.5 Å². The molecule has 0 aromatic carbocycles. The first-order valence-electron chi connectivity index (χ1n) is 7.17. The Morgan fingerprint density at radius 3 is 2.29 bits per heavy atom. The Labute approximate surface area is 152 Å². The molecule has 3 rings (SSSR count). The van der Waals surface area contributed by atoms with Crippen LogP contribution in [0.15, 0.2) is 17.9 Å².